The number of hydrogen-bond acceptors (Lipinski definition) is 4. The Morgan fingerprint density at radius 2 is 1.73 bits per heavy atom. The summed E-state index contributed by atoms with van der Waals surface area (Å²) in [5.74, 6) is -0.446. The Hall–Kier alpha value is -4.06. The number of carbonyl (C=O) groups excluding carboxylic acids is 1. The second kappa shape index (κ2) is 8.53. The maximum absolute atomic E-state index is 13.2. The number of aromatic nitrogens is 3. The van der Waals surface area contributed by atoms with Crippen LogP contribution in [0.15, 0.2) is 90.2 Å². The van der Waals surface area contributed by atoms with E-state index in [0.29, 0.717) is 17.9 Å². The third-order valence-electron chi connectivity index (χ3n) is 4.79. The van der Waals surface area contributed by atoms with Crippen LogP contribution in [0.5, 0.6) is 0 Å². The molecule has 0 saturated heterocycles. The Labute approximate surface area is 173 Å². The Morgan fingerprint density at radius 3 is 2.43 bits per heavy atom. The normalized spacial score (nSPS) is 10.6. The topological polar surface area (TPSA) is 76.9 Å². The molecular weight excluding hydrogens is 376 g/mol. The number of rotatable bonds is 5. The molecule has 148 valence electrons. The number of amides is 1. The van der Waals surface area contributed by atoms with Crippen LogP contribution < -0.4 is 10.7 Å². The number of hydrogen-bond donors (Lipinski definition) is 1. The summed E-state index contributed by atoms with van der Waals surface area (Å²) < 4.78 is 1.97. The number of pyridine rings is 3. The highest BCUT2D eigenvalue weighted by Crippen LogP contribution is 2.25. The molecule has 1 amide bonds. The maximum atomic E-state index is 13.2. The summed E-state index contributed by atoms with van der Waals surface area (Å²) in [5, 5.41) is 2.84. The molecule has 6 nitrogen and oxygen atoms in total. The lowest BCUT2D eigenvalue weighted by atomic mass is 10.0. The van der Waals surface area contributed by atoms with E-state index in [1.165, 1.54) is 6.07 Å². The number of nitrogens with one attached hydrogen (secondary N) is 1. The minimum absolute atomic E-state index is 0.0968. The molecule has 1 N–H and O–H groups in total. The third kappa shape index (κ3) is 4.03. The van der Waals surface area contributed by atoms with E-state index >= 15 is 0 Å². The lowest BCUT2D eigenvalue weighted by molar-refractivity contribution is 0.102. The molecule has 3 aromatic heterocycles. The van der Waals surface area contributed by atoms with E-state index in [-0.39, 0.29) is 11.0 Å². The van der Waals surface area contributed by atoms with Crippen LogP contribution in [0.3, 0.4) is 0 Å². The van der Waals surface area contributed by atoms with Crippen LogP contribution >= 0.6 is 0 Å². The molecule has 4 aromatic rings. The summed E-state index contributed by atoms with van der Waals surface area (Å²) in [4.78, 5) is 34.4. The van der Waals surface area contributed by atoms with E-state index in [2.05, 4.69) is 15.3 Å². The Morgan fingerprint density at radius 1 is 0.967 bits per heavy atom. The summed E-state index contributed by atoms with van der Waals surface area (Å²) in [6, 6.07) is 18.0. The van der Waals surface area contributed by atoms with Crippen molar-refractivity contribution in [2.24, 2.45) is 0 Å². The fourth-order valence-corrected chi connectivity index (χ4v) is 3.39. The predicted octanol–water partition coefficient (Wildman–Crippen LogP) is 3.91. The van der Waals surface area contributed by atoms with Gasteiger partial charge in [-0.25, -0.2) is 0 Å². The first-order chi connectivity index (χ1) is 14.6. The quantitative estimate of drug-likeness (QED) is 0.555. The number of para-hydroxylation sites is 1. The molecule has 0 fully saturated rings. The van der Waals surface area contributed by atoms with Crippen molar-refractivity contribution >= 4 is 11.6 Å². The molecule has 0 saturated carbocycles. The van der Waals surface area contributed by atoms with E-state index in [0.717, 1.165) is 16.8 Å². The minimum Gasteiger partial charge on any atom is -0.340 e. The summed E-state index contributed by atoms with van der Waals surface area (Å²) in [6.07, 6.45) is 6.78. The van der Waals surface area contributed by atoms with Crippen LogP contribution in [0.4, 0.5) is 5.69 Å². The molecule has 3 heterocycles. The average molecular weight is 396 g/mol. The molecule has 0 aliphatic heterocycles. The first kappa shape index (κ1) is 19.3. The van der Waals surface area contributed by atoms with Gasteiger partial charge in [0, 0.05) is 54.3 Å². The van der Waals surface area contributed by atoms with Gasteiger partial charge < -0.3 is 9.88 Å². The summed E-state index contributed by atoms with van der Waals surface area (Å²) in [7, 11) is 0. The lowest BCUT2D eigenvalue weighted by Gasteiger charge is -2.20. The van der Waals surface area contributed by atoms with Gasteiger partial charge in [-0.1, -0.05) is 24.3 Å². The Bertz CT molecular complexity index is 1220. The van der Waals surface area contributed by atoms with Gasteiger partial charge in [0.2, 0.25) is 0 Å². The summed E-state index contributed by atoms with van der Waals surface area (Å²) >= 11 is 0. The molecule has 0 radical (unpaired) electrons. The zero-order chi connectivity index (χ0) is 20.9. The van der Waals surface area contributed by atoms with Crippen LogP contribution in [0, 0.1) is 6.92 Å². The molecule has 0 aliphatic carbocycles. The van der Waals surface area contributed by atoms with E-state index in [9.17, 15) is 9.59 Å². The third-order valence-corrected chi connectivity index (χ3v) is 4.79. The van der Waals surface area contributed by atoms with Crippen LogP contribution in [-0.4, -0.2) is 20.4 Å². The zero-order valence-electron chi connectivity index (χ0n) is 16.4. The molecular formula is C24H20N4O2. The molecule has 0 spiro atoms. The van der Waals surface area contributed by atoms with Gasteiger partial charge in [0.25, 0.3) is 5.91 Å². The smallest absolute Gasteiger partial charge is 0.261 e. The van der Waals surface area contributed by atoms with Gasteiger partial charge in [0.15, 0.2) is 5.43 Å². The fraction of sp³-hybridized carbons (Fsp3) is 0.0833. The lowest BCUT2D eigenvalue weighted by Crippen LogP contribution is -2.27. The summed E-state index contributed by atoms with van der Waals surface area (Å²) in [6.45, 7) is 2.34. The van der Waals surface area contributed by atoms with Gasteiger partial charge in [-0.05, 0) is 42.8 Å². The van der Waals surface area contributed by atoms with Gasteiger partial charge in [-0.3, -0.25) is 19.6 Å². The van der Waals surface area contributed by atoms with Gasteiger partial charge in [-0.15, -0.1) is 0 Å². The van der Waals surface area contributed by atoms with Gasteiger partial charge in [-0.2, -0.15) is 0 Å². The average Bonchev–Trinajstić information content (AvgIpc) is 2.77. The highest BCUT2D eigenvalue weighted by Gasteiger charge is 2.22. The standard InChI is InChI=1S/C24H20N4O2/c1-17-14-21(29)22(24(30)27-20-7-3-2-4-8-20)23(19-9-12-25-13-10-19)28(17)16-18-6-5-11-26-15-18/h2-15H,16H2,1H3,(H,27,30). The van der Waals surface area contributed by atoms with Crippen molar-refractivity contribution in [1.82, 2.24) is 14.5 Å². The zero-order valence-corrected chi connectivity index (χ0v) is 16.4. The molecule has 0 atom stereocenters. The molecule has 6 heteroatoms. The van der Waals surface area contributed by atoms with Crippen molar-refractivity contribution in [2.75, 3.05) is 5.32 Å². The largest absolute Gasteiger partial charge is 0.340 e. The van der Waals surface area contributed by atoms with Crippen molar-refractivity contribution in [3.05, 3.63) is 112 Å². The number of nitrogens with zero attached hydrogens (tertiary/aromatic N) is 3. The fourth-order valence-electron chi connectivity index (χ4n) is 3.39. The van der Waals surface area contributed by atoms with Crippen molar-refractivity contribution in [3.63, 3.8) is 0 Å². The first-order valence-corrected chi connectivity index (χ1v) is 9.53. The van der Waals surface area contributed by atoms with Gasteiger partial charge >= 0.3 is 0 Å². The highest BCUT2D eigenvalue weighted by atomic mass is 16.2. The molecule has 4 rings (SSSR count). The first-order valence-electron chi connectivity index (χ1n) is 9.53. The van der Waals surface area contributed by atoms with E-state index in [1.54, 1.807) is 49.1 Å². The van der Waals surface area contributed by atoms with Crippen LogP contribution in [0.25, 0.3) is 11.3 Å². The van der Waals surface area contributed by atoms with Crippen molar-refractivity contribution in [2.45, 2.75) is 13.5 Å². The molecule has 1 aromatic carbocycles. The number of aryl methyl sites for hydroxylation is 1. The SMILES string of the molecule is Cc1cc(=O)c(C(=O)Nc2ccccc2)c(-c2ccncc2)n1Cc1cccnc1. The Balaban J connectivity index is 1.89. The van der Waals surface area contributed by atoms with Crippen molar-refractivity contribution < 1.29 is 4.79 Å². The number of anilines is 1. The van der Waals surface area contributed by atoms with Crippen molar-refractivity contribution in [3.8, 4) is 11.3 Å². The molecule has 0 aliphatic rings. The van der Waals surface area contributed by atoms with Crippen molar-refractivity contribution in [1.29, 1.82) is 0 Å². The number of carbonyl (C=O) groups is 1. The van der Waals surface area contributed by atoms with Crippen LogP contribution in [0.1, 0.15) is 21.6 Å². The van der Waals surface area contributed by atoms with Gasteiger partial charge in [0.1, 0.15) is 5.56 Å². The van der Waals surface area contributed by atoms with E-state index < -0.39 is 5.91 Å². The maximum Gasteiger partial charge on any atom is 0.261 e. The van der Waals surface area contributed by atoms with E-state index in [1.807, 2.05) is 41.8 Å². The van der Waals surface area contributed by atoms with Gasteiger partial charge in [0.05, 0.1) is 5.69 Å². The van der Waals surface area contributed by atoms with E-state index in [4.69, 9.17) is 0 Å². The van der Waals surface area contributed by atoms with Crippen LogP contribution in [-0.2, 0) is 6.54 Å². The summed E-state index contributed by atoms with van der Waals surface area (Å²) in [5.41, 5.74) is 3.42. The number of benzene rings is 1. The minimum atomic E-state index is -0.446. The molecule has 0 bridgehead atoms. The second-order valence-electron chi connectivity index (χ2n) is 6.88. The predicted molar refractivity (Wildman–Crippen MR) is 116 cm³/mol. The highest BCUT2D eigenvalue weighted by molar-refractivity contribution is 6.08. The monoisotopic (exact) mass is 396 g/mol. The Kier molecular flexibility index (Phi) is 5.48. The second-order valence-corrected chi connectivity index (χ2v) is 6.88. The molecule has 30 heavy (non-hydrogen) atoms. The van der Waals surface area contributed by atoms with Crippen LogP contribution in [0.2, 0.25) is 0 Å². The molecule has 0 unspecified atom stereocenters.